The van der Waals surface area contributed by atoms with Crippen molar-refractivity contribution in [2.45, 2.75) is 52.1 Å². The standard InChI is InChI=1S/C20H34N6O3/c1-6-15(3)23-20(21-12-18(27)24(4)5)25-10-8-9-17(14-25)26-13-16(11-22-26)19(28)29-7-2/h11,13,15,17H,6-10,12,14H2,1-5H3,(H,21,23). The predicted octanol–water partition coefficient (Wildman–Crippen LogP) is 1.53. The molecular formula is C20H34N6O3. The number of amides is 1. The topological polar surface area (TPSA) is 92.1 Å². The highest BCUT2D eigenvalue weighted by Gasteiger charge is 2.26. The highest BCUT2D eigenvalue weighted by molar-refractivity contribution is 5.88. The number of aliphatic imine (C=N–C) groups is 1. The Hall–Kier alpha value is -2.58. The van der Waals surface area contributed by atoms with Gasteiger partial charge in [-0.25, -0.2) is 9.79 Å². The van der Waals surface area contributed by atoms with Crippen LogP contribution in [0.25, 0.3) is 0 Å². The van der Waals surface area contributed by atoms with Crippen LogP contribution in [0.15, 0.2) is 17.4 Å². The van der Waals surface area contributed by atoms with E-state index in [1.54, 1.807) is 38.3 Å². The highest BCUT2D eigenvalue weighted by Crippen LogP contribution is 2.22. The number of esters is 1. The van der Waals surface area contributed by atoms with E-state index in [1.165, 1.54) is 0 Å². The number of rotatable bonds is 7. The van der Waals surface area contributed by atoms with Crippen molar-refractivity contribution in [3.05, 3.63) is 18.0 Å². The fraction of sp³-hybridized carbons (Fsp3) is 0.700. The minimum Gasteiger partial charge on any atom is -0.462 e. The number of hydrogen-bond donors (Lipinski definition) is 1. The number of likely N-dealkylation sites (N-methyl/N-ethyl adjacent to an activating group) is 1. The van der Waals surface area contributed by atoms with Gasteiger partial charge in [0.25, 0.3) is 0 Å². The summed E-state index contributed by atoms with van der Waals surface area (Å²) >= 11 is 0. The van der Waals surface area contributed by atoms with E-state index < -0.39 is 0 Å². The van der Waals surface area contributed by atoms with Crippen LogP contribution < -0.4 is 5.32 Å². The summed E-state index contributed by atoms with van der Waals surface area (Å²) < 4.78 is 6.89. The lowest BCUT2D eigenvalue weighted by atomic mass is 10.1. The number of nitrogens with one attached hydrogen (secondary N) is 1. The SMILES string of the molecule is CCOC(=O)c1cnn(C2CCCN(C(=NCC(=O)N(C)C)NC(C)CC)C2)c1. The van der Waals surface area contributed by atoms with Crippen LogP contribution in [0.3, 0.4) is 0 Å². The lowest BCUT2D eigenvalue weighted by molar-refractivity contribution is -0.127. The summed E-state index contributed by atoms with van der Waals surface area (Å²) in [5.74, 6) is 0.361. The number of carbonyl (C=O) groups excluding carboxylic acids is 2. The largest absolute Gasteiger partial charge is 0.462 e. The van der Waals surface area contributed by atoms with Gasteiger partial charge in [-0.1, -0.05) is 6.92 Å². The molecule has 9 heteroatoms. The number of likely N-dealkylation sites (tertiary alicyclic amines) is 1. The molecule has 2 unspecified atom stereocenters. The molecule has 162 valence electrons. The number of ether oxygens (including phenoxy) is 1. The van der Waals surface area contributed by atoms with Crippen LogP contribution in [0.1, 0.15) is 56.4 Å². The first-order chi connectivity index (χ1) is 13.8. The van der Waals surface area contributed by atoms with Crippen molar-refractivity contribution in [2.75, 3.05) is 40.3 Å². The van der Waals surface area contributed by atoms with Gasteiger partial charge in [-0.3, -0.25) is 9.48 Å². The summed E-state index contributed by atoms with van der Waals surface area (Å²) in [6.45, 7) is 8.02. The van der Waals surface area contributed by atoms with Crippen LogP contribution in [0, 0.1) is 0 Å². The number of carbonyl (C=O) groups is 2. The molecule has 1 aromatic rings. The quantitative estimate of drug-likeness (QED) is 0.419. The van der Waals surface area contributed by atoms with E-state index in [4.69, 9.17) is 4.74 Å². The molecule has 1 aromatic heterocycles. The molecule has 0 spiro atoms. The van der Waals surface area contributed by atoms with E-state index in [2.05, 4.69) is 34.2 Å². The van der Waals surface area contributed by atoms with E-state index in [-0.39, 0.29) is 30.5 Å². The monoisotopic (exact) mass is 406 g/mol. The van der Waals surface area contributed by atoms with E-state index in [0.29, 0.717) is 18.7 Å². The maximum atomic E-state index is 12.0. The van der Waals surface area contributed by atoms with Gasteiger partial charge in [-0.2, -0.15) is 5.10 Å². The van der Waals surface area contributed by atoms with Crippen LogP contribution in [-0.2, 0) is 9.53 Å². The normalized spacial score (nSPS) is 18.3. The third kappa shape index (κ3) is 6.47. The van der Waals surface area contributed by atoms with Crippen LogP contribution in [-0.4, -0.2) is 83.8 Å². The van der Waals surface area contributed by atoms with Crippen molar-refractivity contribution in [3.63, 3.8) is 0 Å². The van der Waals surface area contributed by atoms with Crippen LogP contribution >= 0.6 is 0 Å². The lowest BCUT2D eigenvalue weighted by Crippen LogP contribution is -2.49. The van der Waals surface area contributed by atoms with Crippen molar-refractivity contribution in [2.24, 2.45) is 4.99 Å². The van der Waals surface area contributed by atoms with Gasteiger partial charge >= 0.3 is 5.97 Å². The van der Waals surface area contributed by atoms with Crippen molar-refractivity contribution < 1.29 is 14.3 Å². The van der Waals surface area contributed by atoms with Gasteiger partial charge in [0.15, 0.2) is 5.96 Å². The van der Waals surface area contributed by atoms with Gasteiger partial charge in [0.1, 0.15) is 6.54 Å². The Morgan fingerprint density at radius 1 is 1.41 bits per heavy atom. The molecule has 0 aromatic carbocycles. The van der Waals surface area contributed by atoms with Gasteiger partial charge < -0.3 is 19.9 Å². The minimum absolute atomic E-state index is 0.0341. The molecular weight excluding hydrogens is 372 g/mol. The molecule has 0 radical (unpaired) electrons. The summed E-state index contributed by atoms with van der Waals surface area (Å²) in [5.41, 5.74) is 0.465. The zero-order valence-electron chi connectivity index (χ0n) is 18.2. The maximum Gasteiger partial charge on any atom is 0.341 e. The molecule has 9 nitrogen and oxygen atoms in total. The van der Waals surface area contributed by atoms with Crippen molar-refractivity contribution >= 4 is 17.8 Å². The summed E-state index contributed by atoms with van der Waals surface area (Å²) in [7, 11) is 3.46. The average Bonchev–Trinajstić information content (AvgIpc) is 3.21. The van der Waals surface area contributed by atoms with Crippen molar-refractivity contribution in [1.29, 1.82) is 0 Å². The second-order valence-corrected chi connectivity index (χ2v) is 7.55. The first kappa shape index (κ1) is 22.7. The average molecular weight is 407 g/mol. The fourth-order valence-electron chi connectivity index (χ4n) is 3.06. The Balaban J connectivity index is 2.13. The van der Waals surface area contributed by atoms with Gasteiger partial charge in [0.05, 0.1) is 24.4 Å². The highest BCUT2D eigenvalue weighted by atomic mass is 16.5. The number of piperidine rings is 1. The van der Waals surface area contributed by atoms with Crippen LogP contribution in [0.4, 0.5) is 0 Å². The molecule has 2 rings (SSSR count). The third-order valence-electron chi connectivity index (χ3n) is 5.03. The number of hydrogen-bond acceptors (Lipinski definition) is 5. The van der Waals surface area contributed by atoms with Gasteiger partial charge in [0, 0.05) is 39.4 Å². The molecule has 2 atom stereocenters. The molecule has 0 saturated carbocycles. The van der Waals surface area contributed by atoms with Gasteiger partial charge in [0.2, 0.25) is 5.91 Å². The molecule has 1 N–H and O–H groups in total. The molecule has 1 aliphatic heterocycles. The molecule has 0 bridgehead atoms. The Morgan fingerprint density at radius 3 is 2.83 bits per heavy atom. The van der Waals surface area contributed by atoms with E-state index in [0.717, 1.165) is 31.8 Å². The second-order valence-electron chi connectivity index (χ2n) is 7.55. The zero-order valence-corrected chi connectivity index (χ0v) is 18.2. The van der Waals surface area contributed by atoms with Crippen LogP contribution in [0.2, 0.25) is 0 Å². The first-order valence-corrected chi connectivity index (χ1v) is 10.3. The zero-order chi connectivity index (χ0) is 21.4. The maximum absolute atomic E-state index is 12.0. The second kappa shape index (κ2) is 10.8. The number of nitrogens with zero attached hydrogens (tertiary/aromatic N) is 5. The molecule has 1 aliphatic rings. The summed E-state index contributed by atoms with van der Waals surface area (Å²) in [6, 6.07) is 0.379. The van der Waals surface area contributed by atoms with Crippen molar-refractivity contribution in [1.82, 2.24) is 24.9 Å². The fourth-order valence-corrected chi connectivity index (χ4v) is 3.06. The Morgan fingerprint density at radius 2 is 2.17 bits per heavy atom. The number of guanidine groups is 1. The smallest absolute Gasteiger partial charge is 0.341 e. The lowest BCUT2D eigenvalue weighted by Gasteiger charge is -2.36. The predicted molar refractivity (Wildman–Crippen MR) is 112 cm³/mol. The summed E-state index contributed by atoms with van der Waals surface area (Å²) in [5, 5.41) is 7.82. The Kier molecular flexibility index (Phi) is 8.48. The summed E-state index contributed by atoms with van der Waals surface area (Å²) in [4.78, 5) is 32.2. The molecule has 1 fully saturated rings. The summed E-state index contributed by atoms with van der Waals surface area (Å²) in [6.07, 6.45) is 6.20. The third-order valence-corrected chi connectivity index (χ3v) is 5.03. The van der Waals surface area contributed by atoms with Gasteiger partial charge in [-0.05, 0) is 33.1 Å². The Bertz CT molecular complexity index is 715. The molecule has 29 heavy (non-hydrogen) atoms. The van der Waals surface area contributed by atoms with E-state index >= 15 is 0 Å². The van der Waals surface area contributed by atoms with E-state index in [1.807, 2.05) is 4.68 Å². The molecule has 1 amide bonds. The Labute approximate surface area is 173 Å². The van der Waals surface area contributed by atoms with Gasteiger partial charge in [-0.15, -0.1) is 0 Å². The molecule has 1 saturated heterocycles. The van der Waals surface area contributed by atoms with Crippen molar-refractivity contribution in [3.8, 4) is 0 Å². The minimum atomic E-state index is -0.352. The molecule has 2 heterocycles. The first-order valence-electron chi connectivity index (χ1n) is 10.3. The van der Waals surface area contributed by atoms with E-state index in [9.17, 15) is 9.59 Å². The molecule has 0 aliphatic carbocycles. The number of aromatic nitrogens is 2. The van der Waals surface area contributed by atoms with Crippen LogP contribution in [0.5, 0.6) is 0 Å².